The van der Waals surface area contributed by atoms with Gasteiger partial charge in [0.15, 0.2) is 5.82 Å². The van der Waals surface area contributed by atoms with Gasteiger partial charge in [0.1, 0.15) is 5.69 Å². The maximum Gasteiger partial charge on any atom is 0.157 e. The van der Waals surface area contributed by atoms with Gasteiger partial charge in [-0.25, -0.2) is 0 Å². The lowest BCUT2D eigenvalue weighted by Crippen LogP contribution is -2.09. The first kappa shape index (κ1) is 18.3. The first-order valence-corrected chi connectivity index (χ1v) is 10.3. The molecule has 0 aliphatic rings. The molecule has 0 spiro atoms. The molecule has 1 atom stereocenters. The van der Waals surface area contributed by atoms with Crippen molar-refractivity contribution in [2.24, 2.45) is 0 Å². The molecule has 30 heavy (non-hydrogen) atoms. The summed E-state index contributed by atoms with van der Waals surface area (Å²) in [6, 6.07) is 31.7. The zero-order valence-electron chi connectivity index (χ0n) is 17.1. The van der Waals surface area contributed by atoms with Crippen molar-refractivity contribution < 1.29 is 0 Å². The second-order valence-corrected chi connectivity index (χ2v) is 7.70. The fraction of sp³-hybridized carbons (Fsp3) is 0.111. The Morgan fingerprint density at radius 2 is 1.33 bits per heavy atom. The minimum Gasteiger partial charge on any atom is -0.362 e. The van der Waals surface area contributed by atoms with Crippen LogP contribution in [-0.4, -0.2) is 10.2 Å². The van der Waals surface area contributed by atoms with Gasteiger partial charge >= 0.3 is 0 Å². The van der Waals surface area contributed by atoms with Crippen LogP contribution in [0.5, 0.6) is 0 Å². The molecule has 4 aromatic carbocycles. The number of hydrogen-bond acceptors (Lipinski definition) is 3. The lowest BCUT2D eigenvalue weighted by atomic mass is 9.94. The van der Waals surface area contributed by atoms with E-state index in [4.69, 9.17) is 5.10 Å². The number of aryl methyl sites for hydroxylation is 1. The molecule has 5 aromatic rings. The molecule has 0 fully saturated rings. The molecule has 0 saturated heterocycles. The van der Waals surface area contributed by atoms with Gasteiger partial charge < -0.3 is 5.32 Å². The molecule has 3 heteroatoms. The Bertz CT molecular complexity index is 1340. The molecule has 1 N–H and O–H groups in total. The molecule has 3 nitrogen and oxygen atoms in total. The number of nitrogens with one attached hydrogen (secondary N) is 1. The summed E-state index contributed by atoms with van der Waals surface area (Å²) in [5, 5.41) is 17.5. The third-order valence-corrected chi connectivity index (χ3v) is 5.71. The highest BCUT2D eigenvalue weighted by Crippen LogP contribution is 2.36. The summed E-state index contributed by atoms with van der Waals surface area (Å²) in [6.45, 7) is 4.29. The SMILES string of the molecule is Cc1ccc2ccccc2c1-c1nnc(N[C@@H](C)c2ccccc2)c2ccccc12. The van der Waals surface area contributed by atoms with Crippen molar-refractivity contribution >= 4 is 27.4 Å². The van der Waals surface area contributed by atoms with Crippen LogP contribution >= 0.6 is 0 Å². The molecule has 0 bridgehead atoms. The van der Waals surface area contributed by atoms with E-state index in [0.717, 1.165) is 27.8 Å². The largest absolute Gasteiger partial charge is 0.362 e. The van der Waals surface area contributed by atoms with Crippen LogP contribution in [0.1, 0.15) is 24.1 Å². The maximum atomic E-state index is 4.72. The summed E-state index contributed by atoms with van der Waals surface area (Å²) in [4.78, 5) is 0. The third kappa shape index (κ3) is 3.18. The summed E-state index contributed by atoms with van der Waals surface area (Å²) < 4.78 is 0. The molecule has 0 aliphatic heterocycles. The first-order valence-electron chi connectivity index (χ1n) is 10.3. The number of anilines is 1. The minimum absolute atomic E-state index is 0.133. The van der Waals surface area contributed by atoms with E-state index < -0.39 is 0 Å². The number of fused-ring (bicyclic) bond motifs is 2. The molecule has 0 saturated carbocycles. The van der Waals surface area contributed by atoms with Gasteiger partial charge in [-0.05, 0) is 35.7 Å². The highest BCUT2D eigenvalue weighted by molar-refractivity contribution is 6.07. The number of benzene rings is 4. The van der Waals surface area contributed by atoms with Crippen molar-refractivity contribution in [1.82, 2.24) is 10.2 Å². The van der Waals surface area contributed by atoms with E-state index in [2.05, 4.69) is 109 Å². The first-order chi connectivity index (χ1) is 14.7. The number of rotatable bonds is 4. The van der Waals surface area contributed by atoms with Gasteiger partial charge in [0.25, 0.3) is 0 Å². The zero-order chi connectivity index (χ0) is 20.5. The van der Waals surface area contributed by atoms with E-state index >= 15 is 0 Å². The molecule has 1 heterocycles. The Hall–Kier alpha value is -3.72. The molecule has 0 amide bonds. The van der Waals surface area contributed by atoms with Gasteiger partial charge in [-0.1, -0.05) is 91.0 Å². The Morgan fingerprint density at radius 1 is 0.667 bits per heavy atom. The van der Waals surface area contributed by atoms with Crippen LogP contribution < -0.4 is 5.32 Å². The van der Waals surface area contributed by atoms with Gasteiger partial charge in [0.05, 0.1) is 6.04 Å². The van der Waals surface area contributed by atoms with Crippen LogP contribution in [0, 0.1) is 6.92 Å². The highest BCUT2D eigenvalue weighted by atomic mass is 15.2. The van der Waals surface area contributed by atoms with Crippen molar-refractivity contribution in [3.8, 4) is 11.3 Å². The van der Waals surface area contributed by atoms with E-state index in [1.165, 1.54) is 21.9 Å². The smallest absolute Gasteiger partial charge is 0.157 e. The van der Waals surface area contributed by atoms with Crippen LogP contribution in [-0.2, 0) is 0 Å². The van der Waals surface area contributed by atoms with Crippen LogP contribution in [0.25, 0.3) is 32.8 Å². The maximum absolute atomic E-state index is 4.72. The van der Waals surface area contributed by atoms with Crippen LogP contribution in [0.4, 0.5) is 5.82 Å². The summed E-state index contributed by atoms with van der Waals surface area (Å²) in [6.07, 6.45) is 0. The topological polar surface area (TPSA) is 37.8 Å². The van der Waals surface area contributed by atoms with Gasteiger partial charge in [0, 0.05) is 16.3 Å². The van der Waals surface area contributed by atoms with Crippen LogP contribution in [0.2, 0.25) is 0 Å². The summed E-state index contributed by atoms with van der Waals surface area (Å²) in [5.41, 5.74) is 4.50. The standard InChI is InChI=1S/C27H23N3/c1-18-16-17-21-12-6-7-13-22(21)25(18)26-23-14-8-9-15-24(23)27(30-29-26)28-19(2)20-10-4-3-5-11-20/h3-17,19H,1-2H3,(H,28,30)/t19-/m0/s1. The van der Waals surface area contributed by atoms with Crippen molar-refractivity contribution in [2.75, 3.05) is 5.32 Å². The lowest BCUT2D eigenvalue weighted by molar-refractivity contribution is 0.866. The molecule has 0 aliphatic carbocycles. The Balaban J connectivity index is 1.67. The predicted molar refractivity (Wildman–Crippen MR) is 126 cm³/mol. The Kier molecular flexibility index (Phi) is 4.64. The van der Waals surface area contributed by atoms with Gasteiger partial charge in [-0.2, -0.15) is 0 Å². The average Bonchev–Trinajstić information content (AvgIpc) is 2.80. The fourth-order valence-electron chi connectivity index (χ4n) is 4.12. The van der Waals surface area contributed by atoms with E-state index in [9.17, 15) is 0 Å². The zero-order valence-corrected chi connectivity index (χ0v) is 17.1. The molecule has 146 valence electrons. The van der Waals surface area contributed by atoms with Crippen molar-refractivity contribution in [2.45, 2.75) is 19.9 Å². The summed E-state index contributed by atoms with van der Waals surface area (Å²) in [7, 11) is 0. The quantitative estimate of drug-likeness (QED) is 0.362. The van der Waals surface area contributed by atoms with E-state index in [-0.39, 0.29) is 6.04 Å². The Labute approximate surface area is 176 Å². The van der Waals surface area contributed by atoms with Crippen molar-refractivity contribution in [1.29, 1.82) is 0 Å². The van der Waals surface area contributed by atoms with E-state index in [1.807, 2.05) is 6.07 Å². The summed E-state index contributed by atoms with van der Waals surface area (Å²) in [5.74, 6) is 0.809. The van der Waals surface area contributed by atoms with Crippen molar-refractivity contribution in [3.05, 3.63) is 102 Å². The summed E-state index contributed by atoms with van der Waals surface area (Å²) >= 11 is 0. The molecule has 1 aromatic heterocycles. The molecule has 5 rings (SSSR count). The molecular formula is C27H23N3. The second-order valence-electron chi connectivity index (χ2n) is 7.70. The van der Waals surface area contributed by atoms with Gasteiger partial charge in [0.2, 0.25) is 0 Å². The average molecular weight is 390 g/mol. The predicted octanol–water partition coefficient (Wildman–Crippen LogP) is 6.93. The third-order valence-electron chi connectivity index (χ3n) is 5.71. The van der Waals surface area contributed by atoms with Gasteiger partial charge in [-0.15, -0.1) is 10.2 Å². The monoisotopic (exact) mass is 389 g/mol. The number of nitrogens with zero attached hydrogens (tertiary/aromatic N) is 2. The fourth-order valence-corrected chi connectivity index (χ4v) is 4.12. The normalized spacial score (nSPS) is 12.2. The van der Waals surface area contributed by atoms with Gasteiger partial charge in [-0.3, -0.25) is 0 Å². The lowest BCUT2D eigenvalue weighted by Gasteiger charge is -2.18. The number of aromatic nitrogens is 2. The number of hydrogen-bond donors (Lipinski definition) is 1. The minimum atomic E-state index is 0.133. The second kappa shape index (κ2) is 7.60. The van der Waals surface area contributed by atoms with Crippen molar-refractivity contribution in [3.63, 3.8) is 0 Å². The highest BCUT2D eigenvalue weighted by Gasteiger charge is 2.16. The molecule has 0 radical (unpaired) electrons. The van der Waals surface area contributed by atoms with Crippen LogP contribution in [0.3, 0.4) is 0 Å². The van der Waals surface area contributed by atoms with Crippen LogP contribution in [0.15, 0.2) is 91.0 Å². The van der Waals surface area contributed by atoms with E-state index in [1.54, 1.807) is 0 Å². The molecule has 0 unspecified atom stereocenters. The molecular weight excluding hydrogens is 366 g/mol. The Morgan fingerprint density at radius 3 is 2.13 bits per heavy atom. The van der Waals surface area contributed by atoms with E-state index in [0.29, 0.717) is 0 Å².